The Morgan fingerprint density at radius 1 is 1.06 bits per heavy atom. The minimum absolute atomic E-state index is 0.0540. The third kappa shape index (κ3) is 3.54. The highest BCUT2D eigenvalue weighted by atomic mass is 19.4. The first kappa shape index (κ1) is 23.6. The molecular weight excluding hydrogens is 439 g/mol. The molecule has 3 nitrogen and oxygen atoms in total. The Kier molecular flexibility index (Phi) is 5.53. The third-order valence-electron chi connectivity index (χ3n) is 10.1. The maximum absolute atomic E-state index is 13.5. The number of carbonyl (C=O) groups is 2. The minimum atomic E-state index is -4.51. The van der Waals surface area contributed by atoms with Gasteiger partial charge in [-0.15, -0.1) is 0 Å². The lowest BCUT2D eigenvalue weighted by atomic mass is 9.45. The molecule has 5 rings (SSSR count). The van der Waals surface area contributed by atoms with E-state index in [4.69, 9.17) is 0 Å². The number of benzene rings is 1. The molecule has 1 amide bonds. The molecule has 6 heteroatoms. The summed E-state index contributed by atoms with van der Waals surface area (Å²) in [5, 5.41) is 2.65. The van der Waals surface area contributed by atoms with E-state index >= 15 is 0 Å². The zero-order chi connectivity index (χ0) is 24.5. The monoisotopic (exact) mass is 473 g/mol. The molecule has 0 aromatic heterocycles. The third-order valence-corrected chi connectivity index (χ3v) is 10.1. The van der Waals surface area contributed by atoms with Crippen molar-refractivity contribution in [2.75, 3.05) is 5.32 Å². The molecule has 34 heavy (non-hydrogen) atoms. The van der Waals surface area contributed by atoms with Gasteiger partial charge in [-0.3, -0.25) is 9.59 Å². The minimum Gasteiger partial charge on any atom is -0.325 e. The predicted molar refractivity (Wildman–Crippen MR) is 125 cm³/mol. The van der Waals surface area contributed by atoms with Gasteiger partial charge in [-0.2, -0.15) is 13.2 Å². The second-order valence-electron chi connectivity index (χ2n) is 11.7. The van der Waals surface area contributed by atoms with Crippen LogP contribution in [0.5, 0.6) is 0 Å². The average molecular weight is 474 g/mol. The van der Waals surface area contributed by atoms with E-state index in [0.29, 0.717) is 48.7 Å². The van der Waals surface area contributed by atoms with Gasteiger partial charge < -0.3 is 5.32 Å². The van der Waals surface area contributed by atoms with E-state index in [-0.39, 0.29) is 28.3 Å². The number of Topliss-reactive ketones (excluding diaryl/α,β-unsaturated/α-hetero) is 1. The predicted octanol–water partition coefficient (Wildman–Crippen LogP) is 7.04. The first-order valence-electron chi connectivity index (χ1n) is 12.6. The van der Waals surface area contributed by atoms with Crippen LogP contribution in [0, 0.1) is 40.4 Å². The molecule has 0 heterocycles. The van der Waals surface area contributed by atoms with Crippen LogP contribution in [0.25, 0.3) is 0 Å². The molecule has 0 saturated heterocycles. The van der Waals surface area contributed by atoms with Crippen LogP contribution in [0.2, 0.25) is 0 Å². The van der Waals surface area contributed by atoms with Crippen molar-refractivity contribution in [2.24, 2.45) is 40.4 Å². The molecule has 0 spiro atoms. The molecule has 1 N–H and O–H groups in total. The number of nitrogens with one attached hydrogen (secondary N) is 1. The number of hydrogen-bond donors (Lipinski definition) is 1. The van der Waals surface area contributed by atoms with Crippen LogP contribution in [0.15, 0.2) is 35.9 Å². The van der Waals surface area contributed by atoms with Gasteiger partial charge in [0, 0.05) is 18.8 Å². The fraction of sp³-hybridized carbons (Fsp3) is 0.643. The highest BCUT2D eigenvalue weighted by molar-refractivity contribution is 5.94. The Morgan fingerprint density at radius 2 is 1.79 bits per heavy atom. The van der Waals surface area contributed by atoms with Crippen molar-refractivity contribution in [2.45, 2.75) is 71.9 Å². The van der Waals surface area contributed by atoms with Gasteiger partial charge in [0.05, 0.1) is 11.3 Å². The van der Waals surface area contributed by atoms with Crippen molar-refractivity contribution in [3.63, 3.8) is 0 Å². The van der Waals surface area contributed by atoms with Crippen LogP contribution in [-0.2, 0) is 15.8 Å². The number of anilines is 1. The smallest absolute Gasteiger partial charge is 0.325 e. The lowest BCUT2D eigenvalue weighted by molar-refractivity contribution is -0.137. The number of halogens is 3. The van der Waals surface area contributed by atoms with Gasteiger partial charge in [0.15, 0.2) is 0 Å². The lowest BCUT2D eigenvalue weighted by Gasteiger charge is -2.59. The van der Waals surface area contributed by atoms with Crippen LogP contribution in [0.4, 0.5) is 18.9 Å². The summed E-state index contributed by atoms with van der Waals surface area (Å²) in [5.41, 5.74) is 0.193. The highest BCUT2D eigenvalue weighted by Gasteiger charge is 2.61. The molecule has 0 bridgehead atoms. The first-order valence-corrected chi connectivity index (χ1v) is 12.6. The number of para-hydroxylation sites is 1. The van der Waals surface area contributed by atoms with Gasteiger partial charge in [0.1, 0.15) is 5.78 Å². The number of alkyl halides is 3. The Labute approximate surface area is 199 Å². The Morgan fingerprint density at radius 3 is 2.53 bits per heavy atom. The zero-order valence-electron chi connectivity index (χ0n) is 20.2. The van der Waals surface area contributed by atoms with Gasteiger partial charge in [0.25, 0.3) is 0 Å². The Balaban J connectivity index is 1.41. The van der Waals surface area contributed by atoms with Gasteiger partial charge in [-0.1, -0.05) is 44.6 Å². The number of hydrogen-bond acceptors (Lipinski definition) is 2. The summed E-state index contributed by atoms with van der Waals surface area (Å²) < 4.78 is 40.4. The van der Waals surface area contributed by atoms with E-state index in [1.807, 2.05) is 0 Å². The molecule has 3 saturated carbocycles. The van der Waals surface area contributed by atoms with Crippen LogP contribution in [0.1, 0.15) is 71.3 Å². The van der Waals surface area contributed by atoms with Crippen molar-refractivity contribution >= 4 is 17.4 Å². The van der Waals surface area contributed by atoms with Crippen molar-refractivity contribution in [3.05, 3.63) is 41.5 Å². The molecule has 4 unspecified atom stereocenters. The van der Waals surface area contributed by atoms with Crippen molar-refractivity contribution < 1.29 is 22.8 Å². The Bertz CT molecular complexity index is 1050. The average Bonchev–Trinajstić information content (AvgIpc) is 3.12. The van der Waals surface area contributed by atoms with Crippen molar-refractivity contribution in [3.8, 4) is 0 Å². The number of fused-ring (bicyclic) bond motifs is 5. The summed E-state index contributed by atoms with van der Waals surface area (Å²) in [5.74, 6) is 1.42. The molecule has 4 aliphatic carbocycles. The molecule has 4 aliphatic rings. The molecule has 184 valence electrons. The number of allylic oxidation sites excluding steroid dienone is 2. The molecule has 7 atom stereocenters. The number of ketones is 1. The highest BCUT2D eigenvalue weighted by Crippen LogP contribution is 2.67. The molecule has 1 aromatic rings. The number of amides is 1. The fourth-order valence-electron chi connectivity index (χ4n) is 8.32. The van der Waals surface area contributed by atoms with E-state index in [1.54, 1.807) is 0 Å². The van der Waals surface area contributed by atoms with E-state index in [9.17, 15) is 22.8 Å². The summed E-state index contributed by atoms with van der Waals surface area (Å²) in [7, 11) is 0. The summed E-state index contributed by atoms with van der Waals surface area (Å²) in [6.07, 6.45) is 3.52. The van der Waals surface area contributed by atoms with E-state index in [1.165, 1.54) is 23.8 Å². The standard InChI is InChI=1S/C28H34F3NO2/c1-16-14-17-15-18(33)10-12-26(17,2)21-11-13-27(3)20(24(16)21)8-9-22(27)25(34)32-23-7-5-4-6-19(23)28(29,30)31/h4-7,14,16,20-22,24H,8-13,15H2,1-3H3,(H,32,34)/t16?,20?,21?,22-,24?,26+,27+/m1/s1. The quantitative estimate of drug-likeness (QED) is 0.468. The summed E-state index contributed by atoms with van der Waals surface area (Å²) >= 11 is 0. The van der Waals surface area contributed by atoms with Crippen LogP contribution < -0.4 is 5.32 Å². The van der Waals surface area contributed by atoms with Gasteiger partial charge >= 0.3 is 6.18 Å². The second-order valence-corrected chi connectivity index (χ2v) is 11.7. The maximum atomic E-state index is 13.5. The summed E-state index contributed by atoms with van der Waals surface area (Å²) in [6.45, 7) is 6.78. The fourth-order valence-corrected chi connectivity index (χ4v) is 8.32. The second kappa shape index (κ2) is 7.96. The van der Waals surface area contributed by atoms with E-state index in [2.05, 4.69) is 32.2 Å². The lowest BCUT2D eigenvalue weighted by Crippen LogP contribution is -2.53. The molecule has 3 fully saturated rings. The zero-order valence-corrected chi connectivity index (χ0v) is 20.2. The molecule has 0 aliphatic heterocycles. The van der Waals surface area contributed by atoms with Gasteiger partial charge in [-0.25, -0.2) is 0 Å². The molecule has 0 radical (unpaired) electrons. The Hall–Kier alpha value is -2.11. The first-order chi connectivity index (χ1) is 15.9. The number of carbonyl (C=O) groups excluding carboxylic acids is 2. The normalized spacial score (nSPS) is 39.5. The number of rotatable bonds is 2. The SMILES string of the molecule is CC1C=C2CC(=O)CC[C@]2(C)C2CC[C@@]3(C)C(CC[C@@H]3C(=O)Nc3ccccc3C(F)(F)F)C12. The largest absolute Gasteiger partial charge is 0.418 e. The van der Waals surface area contributed by atoms with Gasteiger partial charge in [-0.05, 0) is 78.7 Å². The van der Waals surface area contributed by atoms with Crippen LogP contribution in [0.3, 0.4) is 0 Å². The van der Waals surface area contributed by atoms with Crippen LogP contribution >= 0.6 is 0 Å². The van der Waals surface area contributed by atoms with Crippen molar-refractivity contribution in [1.29, 1.82) is 0 Å². The van der Waals surface area contributed by atoms with Gasteiger partial charge in [0.2, 0.25) is 5.91 Å². The topological polar surface area (TPSA) is 46.2 Å². The maximum Gasteiger partial charge on any atom is 0.418 e. The van der Waals surface area contributed by atoms with Crippen LogP contribution in [-0.4, -0.2) is 11.7 Å². The van der Waals surface area contributed by atoms with E-state index < -0.39 is 11.7 Å². The van der Waals surface area contributed by atoms with Crippen molar-refractivity contribution in [1.82, 2.24) is 0 Å². The molecular formula is C28H34F3NO2. The summed E-state index contributed by atoms with van der Waals surface area (Å²) in [6, 6.07) is 5.23. The molecule has 1 aromatic carbocycles. The summed E-state index contributed by atoms with van der Waals surface area (Å²) in [4.78, 5) is 25.6. The van der Waals surface area contributed by atoms with E-state index in [0.717, 1.165) is 31.7 Å².